The molecule has 0 saturated carbocycles. The van der Waals surface area contributed by atoms with Gasteiger partial charge in [0.2, 0.25) is 5.91 Å². The topological polar surface area (TPSA) is 99.3 Å². The summed E-state index contributed by atoms with van der Waals surface area (Å²) in [7, 11) is -3.84. The number of hydrogen-bond donors (Lipinski definition) is 4. The number of benzene rings is 2. The van der Waals surface area contributed by atoms with Gasteiger partial charge in [-0.25, -0.2) is 13.8 Å². The van der Waals surface area contributed by atoms with Gasteiger partial charge < -0.3 is 5.32 Å². The van der Waals surface area contributed by atoms with E-state index in [1.807, 2.05) is 44.2 Å². The Bertz CT molecular complexity index is 967. The second-order valence-corrected chi connectivity index (χ2v) is 9.64. The molecule has 1 fully saturated rings. The normalized spacial score (nSPS) is 19.3. The van der Waals surface area contributed by atoms with Crippen molar-refractivity contribution in [3.8, 4) is 0 Å². The van der Waals surface area contributed by atoms with Gasteiger partial charge in [0.15, 0.2) is 5.37 Å². The van der Waals surface area contributed by atoms with Gasteiger partial charge in [0.05, 0.1) is 5.92 Å². The molecule has 0 bridgehead atoms. The van der Waals surface area contributed by atoms with E-state index in [-0.39, 0.29) is 12.5 Å². The van der Waals surface area contributed by atoms with E-state index in [4.69, 9.17) is 0 Å². The fourth-order valence-corrected chi connectivity index (χ4v) is 4.91. The number of rotatable bonds is 6. The summed E-state index contributed by atoms with van der Waals surface area (Å²) >= 11 is 0. The van der Waals surface area contributed by atoms with Crippen molar-refractivity contribution in [2.75, 3.05) is 16.6 Å². The molecule has 0 aliphatic carbocycles. The molecule has 8 heteroatoms. The zero-order valence-electron chi connectivity index (χ0n) is 17.1. The average Bonchev–Trinajstić information content (AvgIpc) is 3.12. The lowest BCUT2D eigenvalue weighted by atomic mass is 10.0. The van der Waals surface area contributed by atoms with Crippen LogP contribution in [0.1, 0.15) is 36.5 Å². The standard InChI is InChI=1S/C21H28N4O3S/c1-13(2)16-5-7-17(8-6-16)23-20(26)19-12-22-24-21(19)29(27,28)25-18-10-14(3)9-15(4)11-18/h5-11,13,19,21-22,24-25H,12H2,1-4H3,(H,23,26). The molecule has 1 amide bonds. The quantitative estimate of drug-likeness (QED) is 0.580. The molecule has 29 heavy (non-hydrogen) atoms. The van der Waals surface area contributed by atoms with Crippen LogP contribution in [0.5, 0.6) is 0 Å². The number of carbonyl (C=O) groups excluding carboxylic acids is 1. The number of amides is 1. The van der Waals surface area contributed by atoms with Crippen LogP contribution in [0.3, 0.4) is 0 Å². The van der Waals surface area contributed by atoms with Crippen LogP contribution in [0.2, 0.25) is 0 Å². The van der Waals surface area contributed by atoms with E-state index in [1.54, 1.807) is 12.1 Å². The van der Waals surface area contributed by atoms with Crippen molar-refractivity contribution < 1.29 is 13.2 Å². The van der Waals surface area contributed by atoms with Crippen LogP contribution in [-0.4, -0.2) is 26.2 Å². The molecule has 0 radical (unpaired) electrons. The fourth-order valence-electron chi connectivity index (χ4n) is 3.45. The minimum Gasteiger partial charge on any atom is -0.326 e. The highest BCUT2D eigenvalue weighted by atomic mass is 32.2. The molecule has 2 aromatic carbocycles. The summed E-state index contributed by atoms with van der Waals surface area (Å²) < 4.78 is 28.4. The first-order valence-corrected chi connectivity index (χ1v) is 11.2. The van der Waals surface area contributed by atoms with Gasteiger partial charge in [-0.15, -0.1) is 0 Å². The predicted molar refractivity (Wildman–Crippen MR) is 116 cm³/mol. The fraction of sp³-hybridized carbons (Fsp3) is 0.381. The van der Waals surface area contributed by atoms with Crippen molar-refractivity contribution in [2.45, 2.75) is 39.0 Å². The van der Waals surface area contributed by atoms with Crippen molar-refractivity contribution in [3.63, 3.8) is 0 Å². The number of nitrogens with one attached hydrogen (secondary N) is 4. The number of sulfonamides is 1. The summed E-state index contributed by atoms with van der Waals surface area (Å²) in [5.41, 5.74) is 9.74. The van der Waals surface area contributed by atoms with E-state index in [1.165, 1.54) is 5.56 Å². The van der Waals surface area contributed by atoms with Crippen molar-refractivity contribution in [3.05, 3.63) is 59.2 Å². The molecular weight excluding hydrogens is 388 g/mol. The Balaban J connectivity index is 1.73. The Labute approximate surface area is 172 Å². The summed E-state index contributed by atoms with van der Waals surface area (Å²) in [5.74, 6) is -0.729. The Morgan fingerprint density at radius 3 is 2.24 bits per heavy atom. The smallest absolute Gasteiger partial charge is 0.250 e. The highest BCUT2D eigenvalue weighted by Gasteiger charge is 2.42. The second-order valence-electron chi connectivity index (χ2n) is 7.84. The van der Waals surface area contributed by atoms with E-state index in [0.29, 0.717) is 17.3 Å². The van der Waals surface area contributed by atoms with E-state index >= 15 is 0 Å². The van der Waals surface area contributed by atoms with Gasteiger partial charge >= 0.3 is 0 Å². The molecular formula is C21H28N4O3S. The Morgan fingerprint density at radius 1 is 1.03 bits per heavy atom. The number of hydrogen-bond acceptors (Lipinski definition) is 5. The van der Waals surface area contributed by atoms with E-state index in [0.717, 1.165) is 11.1 Å². The third-order valence-electron chi connectivity index (χ3n) is 4.93. The molecule has 1 aliphatic rings. The molecule has 2 atom stereocenters. The molecule has 1 heterocycles. The van der Waals surface area contributed by atoms with Gasteiger partial charge in [-0.1, -0.05) is 32.0 Å². The first-order valence-electron chi connectivity index (χ1n) is 9.65. The Morgan fingerprint density at radius 2 is 1.66 bits per heavy atom. The predicted octanol–water partition coefficient (Wildman–Crippen LogP) is 2.86. The third-order valence-corrected chi connectivity index (χ3v) is 6.56. The first kappa shape index (κ1) is 21.3. The zero-order valence-corrected chi connectivity index (χ0v) is 17.9. The molecule has 2 aromatic rings. The molecule has 1 saturated heterocycles. The van der Waals surface area contributed by atoms with E-state index in [9.17, 15) is 13.2 Å². The molecule has 4 N–H and O–H groups in total. The lowest BCUT2D eigenvalue weighted by molar-refractivity contribution is -0.119. The molecule has 0 aromatic heterocycles. The van der Waals surface area contributed by atoms with Gasteiger partial charge in [-0.3, -0.25) is 14.9 Å². The Kier molecular flexibility index (Phi) is 6.26. The van der Waals surface area contributed by atoms with Gasteiger partial charge in [0.1, 0.15) is 0 Å². The van der Waals surface area contributed by atoms with Gasteiger partial charge in [0.25, 0.3) is 10.0 Å². The summed E-state index contributed by atoms with van der Waals surface area (Å²) in [5, 5.41) is 1.74. The van der Waals surface area contributed by atoms with Crippen LogP contribution in [-0.2, 0) is 14.8 Å². The summed E-state index contributed by atoms with van der Waals surface area (Å²) in [6.45, 7) is 8.22. The number of hydrazine groups is 1. The minimum atomic E-state index is -3.84. The van der Waals surface area contributed by atoms with Gasteiger partial charge in [0, 0.05) is 17.9 Å². The molecule has 0 spiro atoms. The number of carbonyl (C=O) groups is 1. The average molecular weight is 417 g/mol. The van der Waals surface area contributed by atoms with E-state index < -0.39 is 21.3 Å². The molecule has 1 aliphatic heterocycles. The van der Waals surface area contributed by atoms with Crippen molar-refractivity contribution in [1.82, 2.24) is 10.9 Å². The highest BCUT2D eigenvalue weighted by molar-refractivity contribution is 7.93. The minimum absolute atomic E-state index is 0.217. The van der Waals surface area contributed by atoms with E-state index in [2.05, 4.69) is 34.7 Å². The van der Waals surface area contributed by atoms with Crippen LogP contribution in [0, 0.1) is 19.8 Å². The lowest BCUT2D eigenvalue weighted by Crippen LogP contribution is -2.45. The van der Waals surface area contributed by atoms with Crippen LogP contribution in [0.4, 0.5) is 11.4 Å². The SMILES string of the molecule is Cc1cc(C)cc(NS(=O)(=O)C2NNCC2C(=O)Nc2ccc(C(C)C)cc2)c1. The highest BCUT2D eigenvalue weighted by Crippen LogP contribution is 2.22. The summed E-state index contributed by atoms with van der Waals surface area (Å²) in [6, 6.07) is 13.1. The number of anilines is 2. The third kappa shape index (κ3) is 5.14. The summed E-state index contributed by atoms with van der Waals surface area (Å²) in [4.78, 5) is 12.8. The first-order chi connectivity index (χ1) is 13.7. The largest absolute Gasteiger partial charge is 0.326 e. The molecule has 2 unspecified atom stereocenters. The van der Waals surface area contributed by atoms with Crippen molar-refractivity contribution >= 4 is 27.3 Å². The maximum atomic E-state index is 12.9. The number of aryl methyl sites for hydroxylation is 2. The van der Waals surface area contributed by atoms with Crippen molar-refractivity contribution in [1.29, 1.82) is 0 Å². The Hall–Kier alpha value is -2.42. The maximum absolute atomic E-state index is 12.9. The zero-order chi connectivity index (χ0) is 21.2. The van der Waals surface area contributed by atoms with Gasteiger partial charge in [-0.05, 0) is 60.7 Å². The monoisotopic (exact) mass is 416 g/mol. The van der Waals surface area contributed by atoms with Crippen LogP contribution in [0.25, 0.3) is 0 Å². The van der Waals surface area contributed by atoms with Crippen LogP contribution >= 0.6 is 0 Å². The van der Waals surface area contributed by atoms with Crippen LogP contribution in [0.15, 0.2) is 42.5 Å². The molecule has 7 nitrogen and oxygen atoms in total. The molecule has 156 valence electrons. The van der Waals surface area contributed by atoms with Crippen molar-refractivity contribution in [2.24, 2.45) is 5.92 Å². The van der Waals surface area contributed by atoms with Crippen LogP contribution < -0.4 is 20.9 Å². The summed E-state index contributed by atoms with van der Waals surface area (Å²) in [6.07, 6.45) is 0. The molecule has 3 rings (SSSR count). The second kappa shape index (κ2) is 8.52. The maximum Gasteiger partial charge on any atom is 0.250 e. The van der Waals surface area contributed by atoms with Gasteiger partial charge in [-0.2, -0.15) is 0 Å². The lowest BCUT2D eigenvalue weighted by Gasteiger charge is -2.20.